The molecule has 1 N–H and O–H groups in total. The Bertz CT molecular complexity index is 595. The smallest absolute Gasteiger partial charge is 0.256 e. The van der Waals surface area contributed by atoms with Crippen molar-refractivity contribution in [2.45, 2.75) is 13.8 Å². The molecule has 0 atom stereocenters. The zero-order valence-electron chi connectivity index (χ0n) is 12.0. The van der Waals surface area contributed by atoms with Gasteiger partial charge in [0.2, 0.25) is 0 Å². The van der Waals surface area contributed by atoms with Crippen molar-refractivity contribution in [3.63, 3.8) is 0 Å². The van der Waals surface area contributed by atoms with Crippen LogP contribution in [0.25, 0.3) is 0 Å². The Morgan fingerprint density at radius 2 is 1.95 bits per heavy atom. The Balaban J connectivity index is 1.97. The van der Waals surface area contributed by atoms with E-state index in [2.05, 4.69) is 24.1 Å². The molecule has 110 valence electrons. The van der Waals surface area contributed by atoms with Gasteiger partial charge in [0.05, 0.1) is 11.6 Å². The summed E-state index contributed by atoms with van der Waals surface area (Å²) in [6, 6.07) is 10.3. The summed E-state index contributed by atoms with van der Waals surface area (Å²) in [5.74, 6) is 1.46. The van der Waals surface area contributed by atoms with Crippen molar-refractivity contribution >= 4 is 23.3 Å². The molecular weight excluding hydrogens is 288 g/mol. The zero-order valence-corrected chi connectivity index (χ0v) is 12.7. The van der Waals surface area contributed by atoms with E-state index in [0.29, 0.717) is 28.9 Å². The molecule has 1 aromatic heterocycles. The number of amides is 1. The Morgan fingerprint density at radius 3 is 2.52 bits per heavy atom. The predicted molar refractivity (Wildman–Crippen MR) is 84.0 cm³/mol. The first-order valence-corrected chi connectivity index (χ1v) is 7.08. The van der Waals surface area contributed by atoms with E-state index in [9.17, 15) is 4.79 Å². The van der Waals surface area contributed by atoms with E-state index in [0.717, 1.165) is 5.75 Å². The number of aromatic nitrogens is 1. The molecule has 21 heavy (non-hydrogen) atoms. The topological polar surface area (TPSA) is 51.2 Å². The molecule has 4 nitrogen and oxygen atoms in total. The fourth-order valence-electron chi connectivity index (χ4n) is 1.60. The lowest BCUT2D eigenvalue weighted by Crippen LogP contribution is -2.12. The quantitative estimate of drug-likeness (QED) is 0.907. The van der Waals surface area contributed by atoms with Gasteiger partial charge in [0.15, 0.2) is 0 Å². The van der Waals surface area contributed by atoms with Gasteiger partial charge in [-0.15, -0.1) is 0 Å². The molecular formula is C16H17ClN2O2. The Labute approximate surface area is 129 Å². The van der Waals surface area contributed by atoms with Crippen molar-refractivity contribution in [2.24, 2.45) is 5.92 Å². The number of ether oxygens (including phenoxy) is 1. The van der Waals surface area contributed by atoms with Crippen LogP contribution >= 0.6 is 11.6 Å². The average Bonchev–Trinajstić information content (AvgIpc) is 2.48. The Hall–Kier alpha value is -2.07. The summed E-state index contributed by atoms with van der Waals surface area (Å²) in [6.45, 7) is 4.82. The van der Waals surface area contributed by atoms with Gasteiger partial charge in [-0.05, 0) is 42.3 Å². The SMILES string of the molecule is CC(C)COc1ccc(C(=O)Nc2ccc(Cl)cn2)cc1. The van der Waals surface area contributed by atoms with E-state index in [4.69, 9.17) is 16.3 Å². The summed E-state index contributed by atoms with van der Waals surface area (Å²) in [5, 5.41) is 3.23. The van der Waals surface area contributed by atoms with Crippen molar-refractivity contribution in [3.05, 3.63) is 53.2 Å². The van der Waals surface area contributed by atoms with Crippen LogP contribution in [0.3, 0.4) is 0 Å². The van der Waals surface area contributed by atoms with Crippen LogP contribution in [-0.4, -0.2) is 17.5 Å². The van der Waals surface area contributed by atoms with Crippen LogP contribution in [0.5, 0.6) is 5.75 Å². The maximum Gasteiger partial charge on any atom is 0.256 e. The van der Waals surface area contributed by atoms with Gasteiger partial charge in [-0.2, -0.15) is 0 Å². The van der Waals surface area contributed by atoms with Crippen molar-refractivity contribution in [2.75, 3.05) is 11.9 Å². The van der Waals surface area contributed by atoms with E-state index in [1.54, 1.807) is 36.4 Å². The largest absolute Gasteiger partial charge is 0.493 e. The first-order chi connectivity index (χ1) is 10.0. The molecule has 0 fully saturated rings. The first-order valence-electron chi connectivity index (χ1n) is 6.70. The number of pyridine rings is 1. The van der Waals surface area contributed by atoms with Gasteiger partial charge in [-0.25, -0.2) is 4.98 Å². The van der Waals surface area contributed by atoms with Crippen LogP contribution in [0.15, 0.2) is 42.6 Å². The maximum absolute atomic E-state index is 12.1. The summed E-state index contributed by atoms with van der Waals surface area (Å²) in [6.07, 6.45) is 1.49. The highest BCUT2D eigenvalue weighted by molar-refractivity contribution is 6.30. The molecule has 2 rings (SSSR count). The van der Waals surface area contributed by atoms with Crippen LogP contribution in [0.1, 0.15) is 24.2 Å². The summed E-state index contributed by atoms with van der Waals surface area (Å²) in [5.41, 5.74) is 0.545. The van der Waals surface area contributed by atoms with E-state index in [-0.39, 0.29) is 5.91 Å². The van der Waals surface area contributed by atoms with Gasteiger partial charge in [0.1, 0.15) is 11.6 Å². The fourth-order valence-corrected chi connectivity index (χ4v) is 1.72. The molecule has 2 aromatic rings. The minimum absolute atomic E-state index is 0.222. The van der Waals surface area contributed by atoms with Crippen LogP contribution < -0.4 is 10.1 Å². The molecule has 0 saturated heterocycles. The second kappa shape index (κ2) is 7.09. The molecule has 0 aliphatic heterocycles. The van der Waals surface area contributed by atoms with Gasteiger partial charge >= 0.3 is 0 Å². The van der Waals surface area contributed by atoms with Crippen molar-refractivity contribution in [3.8, 4) is 5.75 Å². The molecule has 1 amide bonds. The third kappa shape index (κ3) is 4.76. The van der Waals surface area contributed by atoms with E-state index < -0.39 is 0 Å². The summed E-state index contributed by atoms with van der Waals surface area (Å²) >= 11 is 5.75. The molecule has 0 saturated carbocycles. The molecule has 0 aliphatic rings. The minimum atomic E-state index is -0.222. The monoisotopic (exact) mass is 304 g/mol. The predicted octanol–water partition coefficient (Wildman–Crippen LogP) is 4.02. The second-order valence-corrected chi connectivity index (χ2v) is 5.48. The maximum atomic E-state index is 12.1. The third-order valence-electron chi connectivity index (χ3n) is 2.67. The molecule has 1 aromatic carbocycles. The van der Waals surface area contributed by atoms with E-state index in [1.165, 1.54) is 6.20 Å². The summed E-state index contributed by atoms with van der Waals surface area (Å²) in [4.78, 5) is 16.1. The zero-order chi connectivity index (χ0) is 15.2. The number of halogens is 1. The first kappa shape index (κ1) is 15.3. The number of benzene rings is 1. The van der Waals surface area contributed by atoms with Gasteiger partial charge in [-0.1, -0.05) is 25.4 Å². The van der Waals surface area contributed by atoms with Gasteiger partial charge in [0, 0.05) is 11.8 Å². The number of anilines is 1. The number of rotatable bonds is 5. The van der Waals surface area contributed by atoms with Gasteiger partial charge in [-0.3, -0.25) is 4.79 Å². The molecule has 0 spiro atoms. The van der Waals surface area contributed by atoms with Gasteiger partial charge < -0.3 is 10.1 Å². The highest BCUT2D eigenvalue weighted by Crippen LogP contribution is 2.15. The third-order valence-corrected chi connectivity index (χ3v) is 2.89. The van der Waals surface area contributed by atoms with Crippen LogP contribution in [0, 0.1) is 5.92 Å². The second-order valence-electron chi connectivity index (χ2n) is 5.05. The number of nitrogens with zero attached hydrogens (tertiary/aromatic N) is 1. The number of nitrogens with one attached hydrogen (secondary N) is 1. The minimum Gasteiger partial charge on any atom is -0.493 e. The molecule has 5 heteroatoms. The van der Waals surface area contributed by atoms with Crippen molar-refractivity contribution < 1.29 is 9.53 Å². The normalized spacial score (nSPS) is 10.5. The van der Waals surface area contributed by atoms with Crippen molar-refractivity contribution in [1.29, 1.82) is 0 Å². The lowest BCUT2D eigenvalue weighted by atomic mass is 10.2. The summed E-state index contributed by atoms with van der Waals surface area (Å²) < 4.78 is 5.57. The number of hydrogen-bond acceptors (Lipinski definition) is 3. The lowest BCUT2D eigenvalue weighted by Gasteiger charge is -2.09. The molecule has 0 unspecified atom stereocenters. The molecule has 1 heterocycles. The van der Waals surface area contributed by atoms with Crippen LogP contribution in [0.4, 0.5) is 5.82 Å². The molecule has 0 radical (unpaired) electrons. The van der Waals surface area contributed by atoms with Crippen LogP contribution in [-0.2, 0) is 0 Å². The molecule has 0 aliphatic carbocycles. The van der Waals surface area contributed by atoms with E-state index >= 15 is 0 Å². The Morgan fingerprint density at radius 1 is 1.24 bits per heavy atom. The Kier molecular flexibility index (Phi) is 5.17. The highest BCUT2D eigenvalue weighted by atomic mass is 35.5. The fraction of sp³-hybridized carbons (Fsp3) is 0.250. The van der Waals surface area contributed by atoms with Crippen LogP contribution in [0.2, 0.25) is 5.02 Å². The number of hydrogen-bond donors (Lipinski definition) is 1. The number of carbonyl (C=O) groups excluding carboxylic acids is 1. The van der Waals surface area contributed by atoms with Crippen molar-refractivity contribution in [1.82, 2.24) is 4.98 Å². The van der Waals surface area contributed by atoms with Gasteiger partial charge in [0.25, 0.3) is 5.91 Å². The number of carbonyl (C=O) groups is 1. The average molecular weight is 305 g/mol. The summed E-state index contributed by atoms with van der Waals surface area (Å²) in [7, 11) is 0. The lowest BCUT2D eigenvalue weighted by molar-refractivity contribution is 0.102. The van der Waals surface area contributed by atoms with E-state index in [1.807, 2.05) is 0 Å². The highest BCUT2D eigenvalue weighted by Gasteiger charge is 2.07. The standard InChI is InChI=1S/C16H17ClN2O2/c1-11(2)10-21-14-6-3-12(4-7-14)16(20)19-15-8-5-13(17)9-18-15/h3-9,11H,10H2,1-2H3,(H,18,19,20). The molecule has 0 bridgehead atoms.